The number of methoxy groups -OCH3 is 1. The maximum absolute atomic E-state index is 5.80. The van der Waals surface area contributed by atoms with E-state index in [1.54, 1.807) is 0 Å². The minimum absolute atomic E-state index is 0.563. The lowest BCUT2D eigenvalue weighted by Crippen LogP contribution is -2.44. The molecule has 1 heterocycles. The smallest absolute Gasteiger partial charge is 0.0468 e. The molecule has 3 nitrogen and oxygen atoms in total. The van der Waals surface area contributed by atoms with E-state index in [2.05, 4.69) is 11.8 Å². The third kappa shape index (κ3) is 3.01. The second-order valence-electron chi connectivity index (χ2n) is 6.21. The molecule has 2 atom stereocenters. The predicted molar refractivity (Wildman–Crippen MR) is 71.0 cm³/mol. The van der Waals surface area contributed by atoms with Gasteiger partial charge < -0.3 is 10.5 Å². The van der Waals surface area contributed by atoms with Crippen LogP contribution in [0.1, 0.15) is 39.0 Å². The lowest BCUT2D eigenvalue weighted by molar-refractivity contribution is 0.0274. The highest BCUT2D eigenvalue weighted by Gasteiger charge is 2.40. The molecule has 0 aromatic carbocycles. The molecule has 1 aliphatic carbocycles. The summed E-state index contributed by atoms with van der Waals surface area (Å²) in [6, 6.07) is 0.726. The number of hydrogen-bond donors (Lipinski definition) is 1. The van der Waals surface area contributed by atoms with Crippen molar-refractivity contribution in [2.24, 2.45) is 17.1 Å². The van der Waals surface area contributed by atoms with E-state index < -0.39 is 0 Å². The summed E-state index contributed by atoms with van der Waals surface area (Å²) in [7, 11) is 1.81. The molecule has 1 aliphatic heterocycles. The van der Waals surface area contributed by atoms with Crippen molar-refractivity contribution in [2.75, 3.05) is 33.4 Å². The van der Waals surface area contributed by atoms with Gasteiger partial charge in [0.05, 0.1) is 0 Å². The molecule has 0 amide bonds. The first-order valence-corrected chi connectivity index (χ1v) is 7.12. The van der Waals surface area contributed by atoms with Crippen LogP contribution in [0.15, 0.2) is 0 Å². The first kappa shape index (κ1) is 13.3. The summed E-state index contributed by atoms with van der Waals surface area (Å²) in [5.41, 5.74) is 6.37. The van der Waals surface area contributed by atoms with Gasteiger partial charge in [0.1, 0.15) is 0 Å². The molecule has 2 rings (SSSR count). The van der Waals surface area contributed by atoms with Crippen molar-refractivity contribution in [3.05, 3.63) is 0 Å². The largest absolute Gasteiger partial charge is 0.385 e. The molecule has 0 spiro atoms. The van der Waals surface area contributed by atoms with Crippen LogP contribution in [0.4, 0.5) is 0 Å². The topological polar surface area (TPSA) is 38.5 Å². The van der Waals surface area contributed by atoms with Gasteiger partial charge in [-0.1, -0.05) is 6.42 Å². The molecule has 1 saturated carbocycles. The molecule has 3 heteroatoms. The summed E-state index contributed by atoms with van der Waals surface area (Å²) in [5, 5.41) is 0. The SMILES string of the molecule is COCCC1(CN2CC(CN)CC2C)CCC1. The maximum Gasteiger partial charge on any atom is 0.0468 e. The lowest BCUT2D eigenvalue weighted by atomic mass is 9.66. The molecule has 2 N–H and O–H groups in total. The average Bonchev–Trinajstić information content (AvgIpc) is 2.63. The van der Waals surface area contributed by atoms with Gasteiger partial charge in [-0.25, -0.2) is 0 Å². The van der Waals surface area contributed by atoms with Crippen molar-refractivity contribution in [1.82, 2.24) is 4.90 Å². The zero-order valence-electron chi connectivity index (χ0n) is 11.5. The van der Waals surface area contributed by atoms with Gasteiger partial charge in [-0.2, -0.15) is 0 Å². The normalized spacial score (nSPS) is 32.6. The molecule has 0 aromatic heterocycles. The summed E-state index contributed by atoms with van der Waals surface area (Å²) < 4.78 is 5.27. The van der Waals surface area contributed by atoms with Crippen molar-refractivity contribution in [3.8, 4) is 0 Å². The second kappa shape index (κ2) is 5.68. The van der Waals surface area contributed by atoms with Crippen LogP contribution >= 0.6 is 0 Å². The number of likely N-dealkylation sites (tertiary alicyclic amines) is 1. The fraction of sp³-hybridized carbons (Fsp3) is 1.00. The van der Waals surface area contributed by atoms with Gasteiger partial charge in [0.25, 0.3) is 0 Å². The number of nitrogens with zero attached hydrogens (tertiary/aromatic N) is 1. The van der Waals surface area contributed by atoms with Crippen LogP contribution in [-0.4, -0.2) is 44.3 Å². The molecule has 100 valence electrons. The molecule has 0 radical (unpaired) electrons. The van der Waals surface area contributed by atoms with Crippen molar-refractivity contribution in [3.63, 3.8) is 0 Å². The quantitative estimate of drug-likeness (QED) is 0.770. The minimum Gasteiger partial charge on any atom is -0.385 e. The number of hydrogen-bond acceptors (Lipinski definition) is 3. The van der Waals surface area contributed by atoms with Crippen LogP contribution in [0.5, 0.6) is 0 Å². The van der Waals surface area contributed by atoms with Crippen molar-refractivity contribution < 1.29 is 4.74 Å². The van der Waals surface area contributed by atoms with E-state index in [-0.39, 0.29) is 0 Å². The standard InChI is InChI=1S/C14H28N2O/c1-12-8-13(9-15)10-16(12)11-14(4-3-5-14)6-7-17-2/h12-13H,3-11,15H2,1-2H3. The highest BCUT2D eigenvalue weighted by Crippen LogP contribution is 2.45. The van der Waals surface area contributed by atoms with E-state index in [1.165, 1.54) is 45.2 Å². The average molecular weight is 240 g/mol. The Morgan fingerprint density at radius 2 is 2.18 bits per heavy atom. The van der Waals surface area contributed by atoms with E-state index in [0.29, 0.717) is 5.41 Å². The predicted octanol–water partition coefficient (Wildman–Crippen LogP) is 1.86. The van der Waals surface area contributed by atoms with Gasteiger partial charge in [0.2, 0.25) is 0 Å². The number of nitrogens with two attached hydrogens (primary N) is 1. The Balaban J connectivity index is 1.86. The van der Waals surface area contributed by atoms with Crippen LogP contribution in [0, 0.1) is 11.3 Å². The summed E-state index contributed by atoms with van der Waals surface area (Å²) in [5.74, 6) is 0.726. The lowest BCUT2D eigenvalue weighted by Gasteiger charge is -2.45. The third-order valence-corrected chi connectivity index (χ3v) is 4.91. The van der Waals surface area contributed by atoms with Crippen LogP contribution < -0.4 is 5.73 Å². The van der Waals surface area contributed by atoms with Gasteiger partial charge in [-0.3, -0.25) is 4.90 Å². The molecular formula is C14H28N2O. The second-order valence-corrected chi connectivity index (χ2v) is 6.21. The van der Waals surface area contributed by atoms with Crippen molar-refractivity contribution in [1.29, 1.82) is 0 Å². The highest BCUT2D eigenvalue weighted by atomic mass is 16.5. The van der Waals surface area contributed by atoms with Crippen LogP contribution in [-0.2, 0) is 4.74 Å². The summed E-state index contributed by atoms with van der Waals surface area (Å²) in [6.45, 7) is 6.62. The molecule has 1 saturated heterocycles. The molecule has 0 bridgehead atoms. The maximum atomic E-state index is 5.80. The zero-order valence-corrected chi connectivity index (χ0v) is 11.5. The minimum atomic E-state index is 0.563. The fourth-order valence-electron chi connectivity index (χ4n) is 3.52. The number of ether oxygens (including phenoxy) is 1. The molecule has 2 aliphatic rings. The fourth-order valence-corrected chi connectivity index (χ4v) is 3.52. The summed E-state index contributed by atoms with van der Waals surface area (Å²) in [6.07, 6.45) is 6.73. The van der Waals surface area contributed by atoms with E-state index in [4.69, 9.17) is 10.5 Å². The Morgan fingerprint density at radius 3 is 2.65 bits per heavy atom. The first-order valence-electron chi connectivity index (χ1n) is 7.12. The molecule has 2 unspecified atom stereocenters. The van der Waals surface area contributed by atoms with Gasteiger partial charge in [-0.05, 0) is 50.5 Å². The third-order valence-electron chi connectivity index (χ3n) is 4.91. The van der Waals surface area contributed by atoms with Crippen molar-refractivity contribution >= 4 is 0 Å². The Morgan fingerprint density at radius 1 is 1.41 bits per heavy atom. The van der Waals surface area contributed by atoms with E-state index in [0.717, 1.165) is 25.1 Å². The van der Waals surface area contributed by atoms with Crippen LogP contribution in [0.25, 0.3) is 0 Å². The van der Waals surface area contributed by atoms with Gasteiger partial charge in [0, 0.05) is 32.8 Å². The first-order chi connectivity index (χ1) is 8.19. The highest BCUT2D eigenvalue weighted by molar-refractivity contribution is 4.94. The van der Waals surface area contributed by atoms with E-state index >= 15 is 0 Å². The van der Waals surface area contributed by atoms with Crippen LogP contribution in [0.2, 0.25) is 0 Å². The molecule has 2 fully saturated rings. The Bertz CT molecular complexity index is 240. The zero-order chi connectivity index (χ0) is 12.3. The molecule has 17 heavy (non-hydrogen) atoms. The monoisotopic (exact) mass is 240 g/mol. The van der Waals surface area contributed by atoms with Crippen molar-refractivity contribution in [2.45, 2.75) is 45.1 Å². The Hall–Kier alpha value is -0.120. The van der Waals surface area contributed by atoms with Crippen LogP contribution in [0.3, 0.4) is 0 Å². The molecular weight excluding hydrogens is 212 g/mol. The Kier molecular flexibility index (Phi) is 4.45. The molecule has 0 aromatic rings. The van der Waals surface area contributed by atoms with E-state index in [9.17, 15) is 0 Å². The van der Waals surface area contributed by atoms with Gasteiger partial charge in [-0.15, -0.1) is 0 Å². The summed E-state index contributed by atoms with van der Waals surface area (Å²) >= 11 is 0. The number of rotatable bonds is 6. The van der Waals surface area contributed by atoms with E-state index in [1.807, 2.05) is 7.11 Å². The van der Waals surface area contributed by atoms with Gasteiger partial charge in [0.15, 0.2) is 0 Å². The van der Waals surface area contributed by atoms with Gasteiger partial charge >= 0.3 is 0 Å². The Labute approximate surface area is 106 Å². The summed E-state index contributed by atoms with van der Waals surface area (Å²) in [4.78, 5) is 2.67.